The van der Waals surface area contributed by atoms with Crippen LogP contribution in [0.4, 0.5) is 5.69 Å². The molecule has 0 fully saturated rings. The van der Waals surface area contributed by atoms with E-state index in [2.05, 4.69) is 0 Å². The SMILES string of the molecule is CCC(=C/c1sc2ccc(Cl)cc2[n+]1CCCS(=O)(=O)[O-])/C=C1/Oc2ccc(Cl)cc2N1CCCCS(=O)(=O)[O-].[Li+]. The van der Waals surface area contributed by atoms with Crippen molar-refractivity contribution in [3.05, 3.63) is 69.0 Å². The van der Waals surface area contributed by atoms with Gasteiger partial charge in [-0.2, -0.15) is 4.57 Å². The van der Waals surface area contributed by atoms with Crippen molar-refractivity contribution in [1.29, 1.82) is 0 Å². The van der Waals surface area contributed by atoms with Crippen molar-refractivity contribution in [2.45, 2.75) is 39.2 Å². The summed E-state index contributed by atoms with van der Waals surface area (Å²) in [6.07, 6.45) is 5.33. The van der Waals surface area contributed by atoms with Crippen molar-refractivity contribution >= 4 is 76.8 Å². The van der Waals surface area contributed by atoms with Gasteiger partial charge in [0.05, 0.1) is 25.9 Å². The molecule has 1 aromatic heterocycles. The topological polar surface area (TPSA) is 131 Å². The van der Waals surface area contributed by atoms with E-state index >= 15 is 0 Å². The van der Waals surface area contributed by atoms with Gasteiger partial charge in [0.25, 0.3) is 5.01 Å². The van der Waals surface area contributed by atoms with Gasteiger partial charge in [0.15, 0.2) is 12.3 Å². The molecule has 4 rings (SSSR count). The van der Waals surface area contributed by atoms with Crippen LogP contribution in [0.1, 0.15) is 37.6 Å². The summed E-state index contributed by atoms with van der Waals surface area (Å²) in [6.45, 7) is 2.72. The normalized spacial score (nSPS) is 14.8. The van der Waals surface area contributed by atoms with E-state index in [1.54, 1.807) is 24.3 Å². The molecule has 9 nitrogen and oxygen atoms in total. The fourth-order valence-electron chi connectivity index (χ4n) is 4.34. The number of rotatable bonds is 12. The number of hydrogen-bond acceptors (Lipinski definition) is 9. The first kappa shape index (κ1) is 33.9. The second-order valence-electron chi connectivity index (χ2n) is 9.21. The fraction of sp³-hybridized carbons (Fsp3) is 0.346. The van der Waals surface area contributed by atoms with Crippen molar-refractivity contribution in [3.63, 3.8) is 0 Å². The van der Waals surface area contributed by atoms with E-state index < -0.39 is 31.7 Å². The molecule has 2 aromatic carbocycles. The molecule has 1 aliphatic rings. The molecule has 41 heavy (non-hydrogen) atoms. The zero-order valence-electron chi connectivity index (χ0n) is 22.5. The molecule has 15 heteroatoms. The maximum atomic E-state index is 11.2. The van der Waals surface area contributed by atoms with Crippen LogP contribution >= 0.6 is 34.5 Å². The van der Waals surface area contributed by atoms with E-state index in [4.69, 9.17) is 27.9 Å². The Morgan fingerprint density at radius 2 is 1.66 bits per heavy atom. The maximum absolute atomic E-state index is 11.2. The van der Waals surface area contributed by atoms with E-state index in [0.717, 1.165) is 26.5 Å². The van der Waals surface area contributed by atoms with Crippen LogP contribution in [0.3, 0.4) is 0 Å². The number of unbranched alkanes of at least 4 members (excludes halogenated alkanes) is 1. The number of benzene rings is 2. The number of anilines is 1. The predicted octanol–water partition coefficient (Wildman–Crippen LogP) is 2.29. The van der Waals surface area contributed by atoms with Crippen molar-refractivity contribution in [2.24, 2.45) is 0 Å². The number of aryl methyl sites for hydroxylation is 1. The quantitative estimate of drug-likeness (QED) is 0.126. The number of halogens is 2. The Balaban J connectivity index is 0.00000462. The molecule has 0 unspecified atom stereocenters. The number of fused-ring (bicyclic) bond motifs is 2. The third-order valence-electron chi connectivity index (χ3n) is 6.21. The van der Waals surface area contributed by atoms with Gasteiger partial charge in [-0.1, -0.05) is 41.5 Å². The average Bonchev–Trinajstić information content (AvgIpc) is 3.36. The number of ether oxygens (including phenoxy) is 1. The van der Waals surface area contributed by atoms with Crippen LogP contribution in [0.5, 0.6) is 5.75 Å². The minimum atomic E-state index is -4.34. The van der Waals surface area contributed by atoms with Crippen LogP contribution in [0, 0.1) is 0 Å². The van der Waals surface area contributed by atoms with Crippen LogP contribution in [0.25, 0.3) is 16.3 Å². The molecule has 0 saturated carbocycles. The van der Waals surface area contributed by atoms with Gasteiger partial charge in [0.2, 0.25) is 11.4 Å². The first-order valence-corrected chi connectivity index (χ1v) is 17.2. The van der Waals surface area contributed by atoms with E-state index in [1.165, 1.54) is 11.3 Å². The minimum absolute atomic E-state index is 0. The van der Waals surface area contributed by atoms with Crippen molar-refractivity contribution in [2.75, 3.05) is 23.0 Å². The Bertz CT molecular complexity index is 1690. The van der Waals surface area contributed by atoms with Gasteiger partial charge in [0.1, 0.15) is 4.70 Å². The molecule has 0 N–H and O–H groups in total. The summed E-state index contributed by atoms with van der Waals surface area (Å²) >= 11 is 14.0. The molecule has 0 radical (unpaired) electrons. The largest absolute Gasteiger partial charge is 1.00 e. The Hall–Kier alpha value is -1.59. The van der Waals surface area contributed by atoms with Crippen LogP contribution in [-0.2, 0) is 26.8 Å². The Labute approximate surface area is 266 Å². The Morgan fingerprint density at radius 1 is 1.00 bits per heavy atom. The van der Waals surface area contributed by atoms with E-state index in [9.17, 15) is 25.9 Å². The third-order valence-corrected chi connectivity index (χ3v) is 9.37. The molecule has 0 bridgehead atoms. The molecule has 2 heterocycles. The molecule has 0 aliphatic carbocycles. The molecule has 0 atom stereocenters. The van der Waals surface area contributed by atoms with Crippen LogP contribution in [0.2, 0.25) is 10.0 Å². The van der Waals surface area contributed by atoms with Crippen LogP contribution < -0.4 is 33.1 Å². The third kappa shape index (κ3) is 9.45. The molecule has 1 aliphatic heterocycles. The van der Waals surface area contributed by atoms with Gasteiger partial charge in [-0.05, 0) is 55.2 Å². The molecule has 0 amide bonds. The summed E-state index contributed by atoms with van der Waals surface area (Å²) in [5.74, 6) is 0.229. The fourth-order valence-corrected chi connectivity index (χ4v) is 6.85. The molecule has 0 saturated heterocycles. The average molecular weight is 654 g/mol. The predicted molar refractivity (Wildman–Crippen MR) is 156 cm³/mol. The Kier molecular flexibility index (Phi) is 11.8. The molecular weight excluding hydrogens is 626 g/mol. The summed E-state index contributed by atoms with van der Waals surface area (Å²) < 4.78 is 75.7. The molecule has 216 valence electrons. The van der Waals surface area contributed by atoms with Crippen molar-refractivity contribution in [3.8, 4) is 5.75 Å². The number of thiazole rings is 1. The Morgan fingerprint density at radius 3 is 2.34 bits per heavy atom. The molecular formula is C26H27Cl2LiN2O7S3. The monoisotopic (exact) mass is 652 g/mol. The van der Waals surface area contributed by atoms with Gasteiger partial charge >= 0.3 is 18.9 Å². The van der Waals surface area contributed by atoms with E-state index in [1.807, 2.05) is 40.7 Å². The summed E-state index contributed by atoms with van der Waals surface area (Å²) in [4.78, 5) is 1.90. The van der Waals surface area contributed by atoms with E-state index in [-0.39, 0.29) is 31.7 Å². The van der Waals surface area contributed by atoms with Crippen molar-refractivity contribution in [1.82, 2.24) is 0 Å². The number of allylic oxidation sites excluding steroid dienone is 2. The molecule has 3 aromatic rings. The second-order valence-corrected chi connectivity index (χ2v) is 14.2. The number of nitrogens with zero attached hydrogens (tertiary/aromatic N) is 2. The maximum Gasteiger partial charge on any atom is 1.00 e. The van der Waals surface area contributed by atoms with Crippen LogP contribution in [-0.4, -0.2) is 44.0 Å². The first-order valence-electron chi connectivity index (χ1n) is 12.5. The minimum Gasteiger partial charge on any atom is -0.748 e. The van der Waals surface area contributed by atoms with Gasteiger partial charge in [-0.3, -0.25) is 0 Å². The van der Waals surface area contributed by atoms with Crippen molar-refractivity contribution < 1.29 is 54.1 Å². The van der Waals surface area contributed by atoms with Crippen LogP contribution in [0.15, 0.2) is 53.9 Å². The number of aromatic nitrogens is 1. The van der Waals surface area contributed by atoms with Gasteiger partial charge in [0, 0.05) is 52.7 Å². The standard InChI is InChI=1S/C26H28Cl2N2O7S3.Li/c1-2-18(15-26-30(11-5-13-40(34,35)36)22-17-20(28)7-9-24(22)38-26)14-25-29(10-3-4-12-39(31,32)33)21-16-19(27)6-8-23(21)37-25;/h6-9,14-17H,2-5,10-13H2,1H3,(H-,31,32,33,34,35,36);/q;+1/p-1. The summed E-state index contributed by atoms with van der Waals surface area (Å²) in [6, 6.07) is 10.7. The first-order chi connectivity index (χ1) is 18.8. The summed E-state index contributed by atoms with van der Waals surface area (Å²) in [5, 5.41) is 1.91. The zero-order chi connectivity index (χ0) is 29.1. The molecule has 0 spiro atoms. The van der Waals surface area contributed by atoms with E-state index in [0.29, 0.717) is 47.6 Å². The zero-order valence-corrected chi connectivity index (χ0v) is 26.5. The number of hydrogen-bond donors (Lipinski definition) is 0. The van der Waals surface area contributed by atoms with Gasteiger partial charge in [-0.15, -0.1) is 0 Å². The summed E-state index contributed by atoms with van der Waals surface area (Å²) in [7, 11) is -8.64. The van der Waals surface area contributed by atoms with Gasteiger partial charge < -0.3 is 18.7 Å². The summed E-state index contributed by atoms with van der Waals surface area (Å²) in [5.41, 5.74) is 2.48. The smallest absolute Gasteiger partial charge is 0.748 e. The second kappa shape index (κ2) is 14.3. The van der Waals surface area contributed by atoms with Gasteiger partial charge in [-0.25, -0.2) is 16.8 Å².